The molecule has 2 N–H and O–H groups in total. The predicted octanol–water partition coefficient (Wildman–Crippen LogP) is 2.25. The van der Waals surface area contributed by atoms with Gasteiger partial charge < -0.3 is 5.73 Å². The molecule has 96 valence electrons. The molecule has 0 bridgehead atoms. The Morgan fingerprint density at radius 1 is 1.47 bits per heavy atom. The number of benzene rings is 1. The fraction of sp³-hybridized carbons (Fsp3) is 0.455. The molecule has 0 aliphatic carbocycles. The SMILES string of the molecule is CS(=O)(=O)CCCC(N)c1ccc(F)cc1I. The van der Waals surface area contributed by atoms with Gasteiger partial charge in [0.2, 0.25) is 0 Å². The molecule has 1 aromatic rings. The monoisotopic (exact) mass is 371 g/mol. The lowest BCUT2D eigenvalue weighted by molar-refractivity contribution is 0.586. The molecule has 17 heavy (non-hydrogen) atoms. The molecule has 6 heteroatoms. The minimum atomic E-state index is -2.94. The first kappa shape index (κ1) is 14.8. The first-order chi connectivity index (χ1) is 7.79. The van der Waals surface area contributed by atoms with Crippen LogP contribution >= 0.6 is 22.6 Å². The third-order valence-corrected chi connectivity index (χ3v) is 4.36. The summed E-state index contributed by atoms with van der Waals surface area (Å²) in [4.78, 5) is 0. The molecular weight excluding hydrogens is 356 g/mol. The molecule has 0 aromatic heterocycles. The number of hydrogen-bond donors (Lipinski definition) is 1. The molecular formula is C11H15FINO2S. The van der Waals surface area contributed by atoms with Crippen molar-refractivity contribution in [3.63, 3.8) is 0 Å². The molecule has 0 radical (unpaired) electrons. The normalized spacial score (nSPS) is 13.6. The summed E-state index contributed by atoms with van der Waals surface area (Å²) in [6, 6.07) is 4.20. The Labute approximate surface area is 115 Å². The van der Waals surface area contributed by atoms with Crippen molar-refractivity contribution < 1.29 is 12.8 Å². The van der Waals surface area contributed by atoms with E-state index in [4.69, 9.17) is 5.73 Å². The van der Waals surface area contributed by atoms with Crippen molar-refractivity contribution in [1.82, 2.24) is 0 Å². The molecule has 1 rings (SSSR count). The highest BCUT2D eigenvalue weighted by Gasteiger charge is 2.11. The molecule has 0 aliphatic heterocycles. The lowest BCUT2D eigenvalue weighted by Crippen LogP contribution is -2.14. The molecule has 0 amide bonds. The Hall–Kier alpha value is -0.210. The van der Waals surface area contributed by atoms with E-state index in [0.29, 0.717) is 12.8 Å². The standard InChI is InChI=1S/C11H15FINO2S/c1-17(15,16)6-2-3-11(14)9-5-4-8(12)7-10(9)13/h4-5,7,11H,2-3,6,14H2,1H3. The van der Waals surface area contributed by atoms with Crippen molar-refractivity contribution in [2.45, 2.75) is 18.9 Å². The van der Waals surface area contributed by atoms with Gasteiger partial charge in [-0.2, -0.15) is 0 Å². The highest BCUT2D eigenvalue weighted by Crippen LogP contribution is 2.22. The Balaban J connectivity index is 2.61. The van der Waals surface area contributed by atoms with Crippen LogP contribution in [-0.4, -0.2) is 20.4 Å². The molecule has 0 aliphatic rings. The summed E-state index contributed by atoms with van der Waals surface area (Å²) < 4.78 is 35.6. The minimum absolute atomic E-state index is 0.137. The first-order valence-electron chi connectivity index (χ1n) is 5.18. The average molecular weight is 371 g/mol. The van der Waals surface area contributed by atoms with Crippen LogP contribution in [0.25, 0.3) is 0 Å². The van der Waals surface area contributed by atoms with Crippen LogP contribution in [-0.2, 0) is 9.84 Å². The van der Waals surface area contributed by atoms with E-state index in [0.717, 1.165) is 9.13 Å². The third-order valence-electron chi connectivity index (χ3n) is 2.39. The van der Waals surface area contributed by atoms with E-state index in [9.17, 15) is 12.8 Å². The van der Waals surface area contributed by atoms with E-state index in [1.807, 2.05) is 22.6 Å². The summed E-state index contributed by atoms with van der Waals surface area (Å²) in [6.07, 6.45) is 2.31. The molecule has 0 spiro atoms. The van der Waals surface area contributed by atoms with E-state index in [1.54, 1.807) is 6.07 Å². The number of nitrogens with two attached hydrogens (primary N) is 1. The van der Waals surface area contributed by atoms with Gasteiger partial charge in [0.05, 0.1) is 0 Å². The summed E-state index contributed by atoms with van der Waals surface area (Å²) in [5, 5.41) is 0. The Morgan fingerprint density at radius 2 is 2.12 bits per heavy atom. The van der Waals surface area contributed by atoms with Gasteiger partial charge in [-0.15, -0.1) is 0 Å². The summed E-state index contributed by atoms with van der Waals surface area (Å²) >= 11 is 2.03. The number of sulfone groups is 1. The lowest BCUT2D eigenvalue weighted by atomic mass is 10.0. The van der Waals surface area contributed by atoms with E-state index < -0.39 is 9.84 Å². The average Bonchev–Trinajstić information content (AvgIpc) is 2.15. The van der Waals surface area contributed by atoms with Gasteiger partial charge in [0.25, 0.3) is 0 Å². The molecule has 3 nitrogen and oxygen atoms in total. The van der Waals surface area contributed by atoms with Crippen molar-refractivity contribution in [2.75, 3.05) is 12.0 Å². The van der Waals surface area contributed by atoms with Crippen molar-refractivity contribution in [2.24, 2.45) is 5.73 Å². The van der Waals surface area contributed by atoms with Crippen molar-refractivity contribution >= 4 is 32.4 Å². The van der Waals surface area contributed by atoms with Crippen LogP contribution in [0.4, 0.5) is 4.39 Å². The Bertz CT molecular complexity index is 490. The molecule has 1 atom stereocenters. The van der Waals surface area contributed by atoms with Crippen LogP contribution < -0.4 is 5.73 Å². The molecule has 0 saturated carbocycles. The van der Waals surface area contributed by atoms with Gasteiger partial charge in [-0.1, -0.05) is 6.07 Å². The maximum absolute atomic E-state index is 12.9. The summed E-state index contributed by atoms with van der Waals surface area (Å²) in [6.45, 7) is 0. The van der Waals surface area contributed by atoms with Crippen LogP contribution in [0.3, 0.4) is 0 Å². The zero-order chi connectivity index (χ0) is 13.1. The largest absolute Gasteiger partial charge is 0.324 e. The quantitative estimate of drug-likeness (QED) is 0.808. The number of rotatable bonds is 5. The molecule has 0 fully saturated rings. The highest BCUT2D eigenvalue weighted by molar-refractivity contribution is 14.1. The van der Waals surface area contributed by atoms with Crippen molar-refractivity contribution in [3.8, 4) is 0 Å². The van der Waals surface area contributed by atoms with Crippen molar-refractivity contribution in [1.29, 1.82) is 0 Å². The number of hydrogen-bond acceptors (Lipinski definition) is 3. The predicted molar refractivity (Wildman–Crippen MR) is 75.0 cm³/mol. The molecule has 0 heterocycles. The molecule has 1 aromatic carbocycles. The smallest absolute Gasteiger partial charge is 0.147 e. The second kappa shape index (κ2) is 6.10. The second-order valence-electron chi connectivity index (χ2n) is 4.04. The Kier molecular flexibility index (Phi) is 5.33. The highest BCUT2D eigenvalue weighted by atomic mass is 127. The van der Waals surface area contributed by atoms with Gasteiger partial charge in [0, 0.05) is 21.6 Å². The maximum Gasteiger partial charge on any atom is 0.147 e. The Morgan fingerprint density at radius 3 is 2.65 bits per heavy atom. The van der Waals surface area contributed by atoms with Crippen molar-refractivity contribution in [3.05, 3.63) is 33.1 Å². The van der Waals surface area contributed by atoms with Crippen LogP contribution in [0, 0.1) is 9.39 Å². The lowest BCUT2D eigenvalue weighted by Gasteiger charge is -2.13. The van der Waals surface area contributed by atoms with Gasteiger partial charge in [0.15, 0.2) is 0 Å². The zero-order valence-electron chi connectivity index (χ0n) is 9.49. The topological polar surface area (TPSA) is 60.2 Å². The maximum atomic E-state index is 12.9. The fourth-order valence-electron chi connectivity index (χ4n) is 1.52. The van der Waals surface area contributed by atoms with Gasteiger partial charge in [0.1, 0.15) is 15.7 Å². The van der Waals surface area contributed by atoms with Crippen LogP contribution in [0.2, 0.25) is 0 Å². The summed E-state index contributed by atoms with van der Waals surface area (Å²) in [5.74, 6) is -0.153. The van der Waals surface area contributed by atoms with Gasteiger partial charge >= 0.3 is 0 Å². The summed E-state index contributed by atoms with van der Waals surface area (Å²) in [7, 11) is -2.94. The van der Waals surface area contributed by atoms with E-state index in [2.05, 4.69) is 0 Å². The van der Waals surface area contributed by atoms with Crippen LogP contribution in [0.1, 0.15) is 24.4 Å². The first-order valence-corrected chi connectivity index (χ1v) is 8.32. The zero-order valence-corrected chi connectivity index (χ0v) is 12.5. The molecule has 1 unspecified atom stereocenters. The van der Waals surface area contributed by atoms with Crippen LogP contribution in [0.5, 0.6) is 0 Å². The molecule has 0 saturated heterocycles. The van der Waals surface area contributed by atoms with E-state index in [1.165, 1.54) is 18.4 Å². The van der Waals surface area contributed by atoms with E-state index in [-0.39, 0.29) is 17.6 Å². The van der Waals surface area contributed by atoms with Gasteiger partial charge in [-0.05, 0) is 53.1 Å². The number of halogens is 2. The fourth-order valence-corrected chi connectivity index (χ4v) is 3.09. The second-order valence-corrected chi connectivity index (χ2v) is 7.47. The summed E-state index contributed by atoms with van der Waals surface area (Å²) in [5.41, 5.74) is 6.81. The van der Waals surface area contributed by atoms with Gasteiger partial charge in [-0.25, -0.2) is 12.8 Å². The van der Waals surface area contributed by atoms with Gasteiger partial charge in [-0.3, -0.25) is 0 Å². The van der Waals surface area contributed by atoms with Crippen LogP contribution in [0.15, 0.2) is 18.2 Å². The third kappa shape index (κ3) is 5.31. The van der Waals surface area contributed by atoms with E-state index >= 15 is 0 Å². The minimum Gasteiger partial charge on any atom is -0.324 e.